The number of carbonyl (C=O) groups excluding carboxylic acids is 2. The van der Waals surface area contributed by atoms with Crippen LogP contribution < -0.4 is 9.47 Å². The van der Waals surface area contributed by atoms with Crippen molar-refractivity contribution >= 4 is 22.7 Å². The molecule has 1 atom stereocenters. The first kappa shape index (κ1) is 21.2. The molecular weight excluding hydrogens is 446 g/mol. The molecule has 0 radical (unpaired) electrons. The van der Waals surface area contributed by atoms with Gasteiger partial charge >= 0.3 is 0 Å². The molecule has 1 fully saturated rings. The molecule has 4 aromatic rings. The number of aromatic nitrogens is 1. The molecule has 35 heavy (non-hydrogen) atoms. The Morgan fingerprint density at radius 1 is 0.829 bits per heavy atom. The van der Waals surface area contributed by atoms with E-state index in [2.05, 4.69) is 5.16 Å². The van der Waals surface area contributed by atoms with Gasteiger partial charge < -0.3 is 23.8 Å². The fourth-order valence-electron chi connectivity index (χ4n) is 4.53. The minimum Gasteiger partial charge on any atom is -0.485 e. The van der Waals surface area contributed by atoms with Gasteiger partial charge in [0.15, 0.2) is 17.3 Å². The van der Waals surface area contributed by atoms with Crippen molar-refractivity contribution < 1.29 is 23.6 Å². The van der Waals surface area contributed by atoms with Crippen molar-refractivity contribution in [2.45, 2.75) is 6.10 Å². The first-order chi connectivity index (χ1) is 17.2. The Morgan fingerprint density at radius 2 is 1.54 bits per heavy atom. The molecule has 3 aromatic carbocycles. The van der Waals surface area contributed by atoms with Gasteiger partial charge in [0.05, 0.1) is 5.39 Å². The van der Waals surface area contributed by atoms with Crippen LogP contribution >= 0.6 is 0 Å². The maximum absolute atomic E-state index is 13.3. The second-order valence-corrected chi connectivity index (χ2v) is 8.59. The van der Waals surface area contributed by atoms with Gasteiger partial charge in [-0.05, 0) is 30.3 Å². The predicted molar refractivity (Wildman–Crippen MR) is 128 cm³/mol. The molecule has 3 heterocycles. The highest BCUT2D eigenvalue weighted by Crippen LogP contribution is 2.32. The van der Waals surface area contributed by atoms with E-state index in [9.17, 15) is 9.59 Å². The van der Waals surface area contributed by atoms with E-state index in [1.165, 1.54) is 0 Å². The van der Waals surface area contributed by atoms with E-state index < -0.39 is 6.10 Å². The third-order valence-electron chi connectivity index (χ3n) is 6.42. The van der Waals surface area contributed by atoms with Gasteiger partial charge in [0.2, 0.25) is 6.10 Å². The zero-order valence-corrected chi connectivity index (χ0v) is 18.9. The van der Waals surface area contributed by atoms with Crippen LogP contribution in [0.4, 0.5) is 0 Å². The van der Waals surface area contributed by atoms with E-state index in [1.807, 2.05) is 54.6 Å². The van der Waals surface area contributed by atoms with Crippen LogP contribution in [0, 0.1) is 0 Å². The smallest absolute Gasteiger partial charge is 0.267 e. The van der Waals surface area contributed by atoms with Gasteiger partial charge in [-0.25, -0.2) is 0 Å². The second-order valence-electron chi connectivity index (χ2n) is 8.59. The molecule has 176 valence electrons. The number of amides is 2. The molecule has 8 heteroatoms. The SMILES string of the molecule is O=C(c1ccc2noc(-c3ccccc3)c2c1)N1CCN(C(=O)[C@@H]2COc3ccccc3O2)CC1. The van der Waals surface area contributed by atoms with Crippen LogP contribution in [0.1, 0.15) is 10.4 Å². The summed E-state index contributed by atoms with van der Waals surface area (Å²) in [4.78, 5) is 29.8. The number of hydrogen-bond acceptors (Lipinski definition) is 6. The van der Waals surface area contributed by atoms with Crippen molar-refractivity contribution in [3.63, 3.8) is 0 Å². The summed E-state index contributed by atoms with van der Waals surface area (Å²) in [5, 5.41) is 4.93. The van der Waals surface area contributed by atoms with Gasteiger partial charge in [-0.3, -0.25) is 9.59 Å². The highest BCUT2D eigenvalue weighted by molar-refractivity contribution is 6.01. The first-order valence-electron chi connectivity index (χ1n) is 11.6. The van der Waals surface area contributed by atoms with E-state index >= 15 is 0 Å². The molecule has 1 saturated heterocycles. The first-order valence-corrected chi connectivity index (χ1v) is 11.6. The Bertz CT molecular complexity index is 1390. The highest BCUT2D eigenvalue weighted by Gasteiger charge is 2.33. The van der Waals surface area contributed by atoms with Crippen LogP contribution in [-0.2, 0) is 4.79 Å². The molecule has 2 aliphatic rings. The molecule has 0 spiro atoms. The van der Waals surface area contributed by atoms with E-state index in [-0.39, 0.29) is 18.4 Å². The normalized spacial score (nSPS) is 17.4. The summed E-state index contributed by atoms with van der Waals surface area (Å²) in [5.41, 5.74) is 2.17. The summed E-state index contributed by atoms with van der Waals surface area (Å²) in [6, 6.07) is 22.4. The zero-order valence-electron chi connectivity index (χ0n) is 18.9. The third kappa shape index (κ3) is 3.97. The molecule has 8 nitrogen and oxygen atoms in total. The number of piperazine rings is 1. The maximum Gasteiger partial charge on any atom is 0.267 e. The van der Waals surface area contributed by atoms with Gasteiger partial charge in [-0.15, -0.1) is 0 Å². The van der Waals surface area contributed by atoms with Gasteiger partial charge in [0.25, 0.3) is 11.8 Å². The molecule has 0 unspecified atom stereocenters. The van der Waals surface area contributed by atoms with Crippen LogP contribution in [0.5, 0.6) is 11.5 Å². The number of rotatable bonds is 3. The largest absolute Gasteiger partial charge is 0.485 e. The molecular formula is C27H23N3O5. The van der Waals surface area contributed by atoms with Gasteiger partial charge in [0, 0.05) is 37.3 Å². The Morgan fingerprint density at radius 3 is 2.34 bits per heavy atom. The van der Waals surface area contributed by atoms with Crippen molar-refractivity contribution in [2.24, 2.45) is 0 Å². The predicted octanol–water partition coefficient (Wildman–Crippen LogP) is 3.62. The number of nitrogens with zero attached hydrogens (tertiary/aromatic N) is 3. The monoisotopic (exact) mass is 469 g/mol. The lowest BCUT2D eigenvalue weighted by atomic mass is 10.1. The van der Waals surface area contributed by atoms with Crippen molar-refractivity contribution in [1.82, 2.24) is 15.0 Å². The molecule has 0 bridgehead atoms. The van der Waals surface area contributed by atoms with E-state index in [1.54, 1.807) is 28.0 Å². The molecule has 0 saturated carbocycles. The zero-order chi connectivity index (χ0) is 23.8. The molecule has 2 amide bonds. The number of fused-ring (bicyclic) bond motifs is 2. The van der Waals surface area contributed by atoms with Gasteiger partial charge in [-0.2, -0.15) is 0 Å². The average Bonchev–Trinajstić information content (AvgIpc) is 3.36. The van der Waals surface area contributed by atoms with Gasteiger partial charge in [-0.1, -0.05) is 47.6 Å². The summed E-state index contributed by atoms with van der Waals surface area (Å²) in [5.74, 6) is 1.66. The number of carbonyl (C=O) groups is 2. The Labute approximate surface area is 201 Å². The number of benzene rings is 3. The maximum atomic E-state index is 13.3. The number of hydrogen-bond donors (Lipinski definition) is 0. The minimum atomic E-state index is -0.681. The van der Waals surface area contributed by atoms with Crippen molar-refractivity contribution in [3.8, 4) is 22.8 Å². The Balaban J connectivity index is 1.13. The number of ether oxygens (including phenoxy) is 2. The van der Waals surface area contributed by atoms with Crippen LogP contribution in [-0.4, -0.2) is 65.7 Å². The summed E-state index contributed by atoms with van der Waals surface area (Å²) >= 11 is 0. The topological polar surface area (TPSA) is 85.1 Å². The average molecular weight is 469 g/mol. The summed E-state index contributed by atoms with van der Waals surface area (Å²) in [7, 11) is 0. The van der Waals surface area contributed by atoms with Crippen LogP contribution in [0.3, 0.4) is 0 Å². The molecule has 2 aliphatic heterocycles. The van der Waals surface area contributed by atoms with Gasteiger partial charge in [0.1, 0.15) is 12.1 Å². The molecule has 6 rings (SSSR count). The van der Waals surface area contributed by atoms with Crippen LogP contribution in [0.25, 0.3) is 22.2 Å². The summed E-state index contributed by atoms with van der Waals surface area (Å²) < 4.78 is 17.1. The Hall–Kier alpha value is -4.33. The van der Waals surface area contributed by atoms with Crippen LogP contribution in [0.2, 0.25) is 0 Å². The van der Waals surface area contributed by atoms with Crippen LogP contribution in [0.15, 0.2) is 77.3 Å². The molecule has 0 aliphatic carbocycles. The molecule has 1 aromatic heterocycles. The lowest BCUT2D eigenvalue weighted by molar-refractivity contribution is -0.142. The lowest BCUT2D eigenvalue weighted by Gasteiger charge is -2.37. The van der Waals surface area contributed by atoms with Crippen molar-refractivity contribution in [2.75, 3.05) is 32.8 Å². The van der Waals surface area contributed by atoms with E-state index in [4.69, 9.17) is 14.0 Å². The lowest BCUT2D eigenvalue weighted by Crippen LogP contribution is -2.55. The summed E-state index contributed by atoms with van der Waals surface area (Å²) in [6.07, 6.45) is -0.681. The van der Waals surface area contributed by atoms with E-state index in [0.29, 0.717) is 54.5 Å². The fraction of sp³-hybridized carbons (Fsp3) is 0.222. The standard InChI is InChI=1S/C27H23N3O5/c31-26(19-10-11-21-20(16-19)25(35-28-21)18-6-2-1-3-7-18)29-12-14-30(15-13-29)27(32)24-17-33-22-8-4-5-9-23(22)34-24/h1-11,16,24H,12-15,17H2/t24-/m0/s1. The fourth-order valence-corrected chi connectivity index (χ4v) is 4.53. The number of para-hydroxylation sites is 2. The third-order valence-corrected chi connectivity index (χ3v) is 6.42. The quantitative estimate of drug-likeness (QED) is 0.456. The van der Waals surface area contributed by atoms with Crippen molar-refractivity contribution in [3.05, 3.63) is 78.4 Å². The summed E-state index contributed by atoms with van der Waals surface area (Å²) in [6.45, 7) is 1.95. The Kier molecular flexibility index (Phi) is 5.33. The van der Waals surface area contributed by atoms with E-state index in [0.717, 1.165) is 10.9 Å². The highest BCUT2D eigenvalue weighted by atomic mass is 16.6. The second kappa shape index (κ2) is 8.79. The van der Waals surface area contributed by atoms with Crippen molar-refractivity contribution in [1.29, 1.82) is 0 Å². The molecule has 0 N–H and O–H groups in total. The minimum absolute atomic E-state index is 0.0783.